The van der Waals surface area contributed by atoms with Crippen LogP contribution in [0.3, 0.4) is 0 Å². The largest absolute Gasteiger partial charge is 0.317 e. The zero-order chi connectivity index (χ0) is 10.7. The lowest BCUT2D eigenvalue weighted by molar-refractivity contribution is 0.312. The standard InChI is InChI=1S/C13H26N2/c1-11(2)13(6-7-13)10-15-12-4-3-8-14-9-5-12/h11-12,14-15H,3-10H2,1-2H3. The summed E-state index contributed by atoms with van der Waals surface area (Å²) < 4.78 is 0. The maximum absolute atomic E-state index is 3.81. The van der Waals surface area contributed by atoms with Gasteiger partial charge in [0, 0.05) is 12.6 Å². The molecule has 2 heteroatoms. The van der Waals surface area contributed by atoms with Gasteiger partial charge in [0.05, 0.1) is 0 Å². The lowest BCUT2D eigenvalue weighted by Crippen LogP contribution is -2.36. The summed E-state index contributed by atoms with van der Waals surface area (Å²) in [7, 11) is 0. The van der Waals surface area contributed by atoms with Crippen molar-refractivity contribution in [3.05, 3.63) is 0 Å². The van der Waals surface area contributed by atoms with Crippen LogP contribution in [-0.4, -0.2) is 25.7 Å². The number of nitrogens with one attached hydrogen (secondary N) is 2. The second-order valence-corrected chi connectivity index (χ2v) is 5.78. The molecular weight excluding hydrogens is 184 g/mol. The fraction of sp³-hybridized carbons (Fsp3) is 1.00. The number of hydrogen-bond donors (Lipinski definition) is 2. The monoisotopic (exact) mass is 210 g/mol. The van der Waals surface area contributed by atoms with E-state index in [1.807, 2.05) is 0 Å². The first-order valence-corrected chi connectivity index (χ1v) is 6.67. The highest BCUT2D eigenvalue weighted by Crippen LogP contribution is 2.51. The molecule has 0 bridgehead atoms. The van der Waals surface area contributed by atoms with Crippen LogP contribution < -0.4 is 10.6 Å². The van der Waals surface area contributed by atoms with Crippen molar-refractivity contribution in [3.8, 4) is 0 Å². The van der Waals surface area contributed by atoms with E-state index in [4.69, 9.17) is 0 Å². The van der Waals surface area contributed by atoms with Gasteiger partial charge in [-0.05, 0) is 56.5 Å². The summed E-state index contributed by atoms with van der Waals surface area (Å²) in [6.45, 7) is 8.43. The smallest absolute Gasteiger partial charge is 0.00798 e. The lowest BCUT2D eigenvalue weighted by Gasteiger charge is -2.24. The van der Waals surface area contributed by atoms with Gasteiger partial charge in [-0.2, -0.15) is 0 Å². The molecule has 0 radical (unpaired) electrons. The van der Waals surface area contributed by atoms with Gasteiger partial charge >= 0.3 is 0 Å². The first kappa shape index (κ1) is 11.4. The van der Waals surface area contributed by atoms with Gasteiger partial charge in [0.1, 0.15) is 0 Å². The van der Waals surface area contributed by atoms with Crippen LogP contribution in [0.1, 0.15) is 46.0 Å². The average Bonchev–Trinajstić information content (AvgIpc) is 3.01. The van der Waals surface area contributed by atoms with Crippen molar-refractivity contribution < 1.29 is 0 Å². The predicted molar refractivity (Wildman–Crippen MR) is 65.0 cm³/mol. The summed E-state index contributed by atoms with van der Waals surface area (Å²) in [5, 5.41) is 7.28. The topological polar surface area (TPSA) is 24.1 Å². The molecule has 1 heterocycles. The Morgan fingerprint density at radius 1 is 1.27 bits per heavy atom. The molecule has 88 valence electrons. The third-order valence-electron chi connectivity index (χ3n) is 4.44. The Morgan fingerprint density at radius 3 is 2.73 bits per heavy atom. The molecule has 0 spiro atoms. The van der Waals surface area contributed by atoms with E-state index >= 15 is 0 Å². The second-order valence-electron chi connectivity index (χ2n) is 5.78. The molecule has 1 saturated heterocycles. The Hall–Kier alpha value is -0.0800. The molecule has 2 N–H and O–H groups in total. The van der Waals surface area contributed by atoms with Gasteiger partial charge < -0.3 is 10.6 Å². The fourth-order valence-corrected chi connectivity index (χ4v) is 2.69. The maximum Gasteiger partial charge on any atom is 0.00798 e. The van der Waals surface area contributed by atoms with Crippen LogP contribution in [0.25, 0.3) is 0 Å². The molecule has 2 nitrogen and oxygen atoms in total. The summed E-state index contributed by atoms with van der Waals surface area (Å²) in [6, 6.07) is 0.774. The molecule has 1 aliphatic carbocycles. The van der Waals surface area contributed by atoms with Crippen LogP contribution in [0.4, 0.5) is 0 Å². The van der Waals surface area contributed by atoms with E-state index in [0.717, 1.165) is 12.0 Å². The Balaban J connectivity index is 1.72. The van der Waals surface area contributed by atoms with E-state index in [-0.39, 0.29) is 0 Å². The molecule has 1 saturated carbocycles. The van der Waals surface area contributed by atoms with Gasteiger partial charge in [-0.25, -0.2) is 0 Å². The highest BCUT2D eigenvalue weighted by molar-refractivity contribution is 4.97. The zero-order valence-electron chi connectivity index (χ0n) is 10.3. The van der Waals surface area contributed by atoms with Crippen LogP contribution in [0.2, 0.25) is 0 Å². The van der Waals surface area contributed by atoms with E-state index in [0.29, 0.717) is 5.41 Å². The van der Waals surface area contributed by atoms with Crippen LogP contribution in [0, 0.1) is 11.3 Å². The minimum absolute atomic E-state index is 0.666. The second kappa shape index (κ2) is 4.84. The molecule has 1 aliphatic heterocycles. The van der Waals surface area contributed by atoms with Crippen LogP contribution in [0.15, 0.2) is 0 Å². The van der Waals surface area contributed by atoms with Gasteiger partial charge in [-0.1, -0.05) is 13.8 Å². The Kier molecular flexibility index (Phi) is 3.68. The number of hydrogen-bond acceptors (Lipinski definition) is 2. The summed E-state index contributed by atoms with van der Waals surface area (Å²) in [6.07, 6.45) is 6.91. The molecule has 0 aromatic carbocycles. The summed E-state index contributed by atoms with van der Waals surface area (Å²) in [4.78, 5) is 0. The van der Waals surface area contributed by atoms with Gasteiger partial charge in [0.25, 0.3) is 0 Å². The van der Waals surface area contributed by atoms with E-state index in [1.165, 1.54) is 51.7 Å². The first-order chi connectivity index (χ1) is 7.23. The van der Waals surface area contributed by atoms with Gasteiger partial charge in [0.2, 0.25) is 0 Å². The van der Waals surface area contributed by atoms with E-state index < -0.39 is 0 Å². The lowest BCUT2D eigenvalue weighted by atomic mass is 9.92. The average molecular weight is 210 g/mol. The molecular formula is C13H26N2. The van der Waals surface area contributed by atoms with E-state index in [9.17, 15) is 0 Å². The third kappa shape index (κ3) is 2.94. The van der Waals surface area contributed by atoms with E-state index in [1.54, 1.807) is 0 Å². The summed E-state index contributed by atoms with van der Waals surface area (Å²) in [5.41, 5.74) is 0.666. The van der Waals surface area contributed by atoms with Crippen molar-refractivity contribution in [2.45, 2.75) is 52.0 Å². The predicted octanol–water partition coefficient (Wildman–Crippen LogP) is 2.15. The minimum Gasteiger partial charge on any atom is -0.317 e. The van der Waals surface area contributed by atoms with Crippen molar-refractivity contribution in [1.82, 2.24) is 10.6 Å². The van der Waals surface area contributed by atoms with E-state index in [2.05, 4.69) is 24.5 Å². The minimum atomic E-state index is 0.666. The van der Waals surface area contributed by atoms with Crippen molar-refractivity contribution in [2.75, 3.05) is 19.6 Å². The Labute approximate surface area is 94.2 Å². The molecule has 1 atom stereocenters. The van der Waals surface area contributed by atoms with Crippen LogP contribution >= 0.6 is 0 Å². The normalized spacial score (nSPS) is 30.2. The summed E-state index contributed by atoms with van der Waals surface area (Å²) in [5.74, 6) is 0.855. The molecule has 2 rings (SSSR count). The highest BCUT2D eigenvalue weighted by Gasteiger charge is 2.44. The number of rotatable bonds is 4. The van der Waals surface area contributed by atoms with Crippen molar-refractivity contribution in [3.63, 3.8) is 0 Å². The SMILES string of the molecule is CC(C)C1(CNC2CCCNCC2)CC1. The molecule has 15 heavy (non-hydrogen) atoms. The molecule has 0 amide bonds. The third-order valence-corrected chi connectivity index (χ3v) is 4.44. The van der Waals surface area contributed by atoms with Gasteiger partial charge in [0.15, 0.2) is 0 Å². The molecule has 2 fully saturated rings. The molecule has 1 unspecified atom stereocenters. The quantitative estimate of drug-likeness (QED) is 0.743. The van der Waals surface area contributed by atoms with Crippen molar-refractivity contribution in [2.24, 2.45) is 11.3 Å². The Morgan fingerprint density at radius 2 is 2.07 bits per heavy atom. The van der Waals surface area contributed by atoms with Crippen molar-refractivity contribution >= 4 is 0 Å². The Bertz CT molecular complexity index is 189. The van der Waals surface area contributed by atoms with Crippen LogP contribution in [-0.2, 0) is 0 Å². The summed E-state index contributed by atoms with van der Waals surface area (Å²) >= 11 is 0. The van der Waals surface area contributed by atoms with Crippen molar-refractivity contribution in [1.29, 1.82) is 0 Å². The van der Waals surface area contributed by atoms with Gasteiger partial charge in [-0.3, -0.25) is 0 Å². The van der Waals surface area contributed by atoms with Gasteiger partial charge in [-0.15, -0.1) is 0 Å². The first-order valence-electron chi connectivity index (χ1n) is 6.67. The fourth-order valence-electron chi connectivity index (χ4n) is 2.69. The molecule has 0 aromatic heterocycles. The zero-order valence-corrected chi connectivity index (χ0v) is 10.3. The highest BCUT2D eigenvalue weighted by atomic mass is 15.0. The maximum atomic E-state index is 3.81. The van der Waals surface area contributed by atoms with Crippen LogP contribution in [0.5, 0.6) is 0 Å². The molecule has 0 aromatic rings. The molecule has 2 aliphatic rings.